The van der Waals surface area contributed by atoms with Crippen LogP contribution in [0.1, 0.15) is 102 Å². The van der Waals surface area contributed by atoms with Gasteiger partial charge in [0.15, 0.2) is 5.78 Å². The molecule has 1 aliphatic carbocycles. The van der Waals surface area contributed by atoms with Crippen molar-refractivity contribution in [2.45, 2.75) is 96.4 Å². The lowest BCUT2D eigenvalue weighted by molar-refractivity contribution is -0.136. The van der Waals surface area contributed by atoms with Crippen LogP contribution in [0.3, 0.4) is 0 Å². The van der Waals surface area contributed by atoms with Crippen LogP contribution in [0.5, 0.6) is 0 Å². The second kappa shape index (κ2) is 14.4. The van der Waals surface area contributed by atoms with Crippen LogP contribution in [-0.2, 0) is 22.7 Å². The number of aromatic nitrogens is 4. The third-order valence-corrected chi connectivity index (χ3v) is 11.7. The van der Waals surface area contributed by atoms with Crippen LogP contribution in [0.15, 0.2) is 47.5 Å². The number of aryl methyl sites for hydroxylation is 1. The molecule has 3 fully saturated rings. The van der Waals surface area contributed by atoms with E-state index in [1.807, 2.05) is 30.5 Å². The molecule has 0 radical (unpaired) electrons. The largest absolute Gasteiger partial charge is 0.370 e. The summed E-state index contributed by atoms with van der Waals surface area (Å²) < 4.78 is 1.71. The SMILES string of the molecule is CC(=O)c1c(C)c2cnc(Nc3ccc(N4CCC(N(C)Cc5ccc6c(c5)CN(C5CCC(=O)NC5=O)C6=O)CC4)cn3)nc2n(C2CCCC2)c1=O. The number of carbonyl (C=O) groups excluding carboxylic acids is 4. The van der Waals surface area contributed by atoms with Gasteiger partial charge in [-0.05, 0) is 87.9 Å². The average molecular weight is 732 g/mol. The molecule has 0 spiro atoms. The number of benzene rings is 1. The van der Waals surface area contributed by atoms with E-state index < -0.39 is 11.9 Å². The van der Waals surface area contributed by atoms with Gasteiger partial charge in [-0.2, -0.15) is 4.98 Å². The third kappa shape index (κ3) is 6.63. The van der Waals surface area contributed by atoms with E-state index in [2.05, 4.69) is 43.5 Å². The molecule has 3 aliphatic heterocycles. The Hall–Kier alpha value is -5.50. The van der Waals surface area contributed by atoms with E-state index in [0.29, 0.717) is 52.9 Å². The Labute approximate surface area is 313 Å². The number of nitrogens with zero attached hydrogens (tertiary/aromatic N) is 7. The molecule has 3 aromatic heterocycles. The summed E-state index contributed by atoms with van der Waals surface area (Å²) in [5.74, 6) is -0.148. The van der Waals surface area contributed by atoms with Crippen LogP contribution in [0, 0.1) is 6.92 Å². The highest BCUT2D eigenvalue weighted by Gasteiger charge is 2.39. The number of fused-ring (bicyclic) bond motifs is 2. The maximum Gasteiger partial charge on any atom is 0.263 e. The highest BCUT2D eigenvalue weighted by molar-refractivity contribution is 6.05. The highest BCUT2D eigenvalue weighted by Crippen LogP contribution is 2.33. The molecule has 2 saturated heterocycles. The molecular formula is C40H45N9O5. The summed E-state index contributed by atoms with van der Waals surface area (Å²) in [6, 6.07) is 9.69. The molecule has 4 aliphatic rings. The van der Waals surface area contributed by atoms with Crippen LogP contribution < -0.4 is 21.1 Å². The first-order chi connectivity index (χ1) is 26.0. The van der Waals surface area contributed by atoms with E-state index in [9.17, 15) is 24.0 Å². The number of hydrogen-bond donors (Lipinski definition) is 2. The van der Waals surface area contributed by atoms with Gasteiger partial charge in [-0.3, -0.25) is 38.8 Å². The highest BCUT2D eigenvalue weighted by atomic mass is 16.2. The van der Waals surface area contributed by atoms with Gasteiger partial charge in [-0.1, -0.05) is 25.0 Å². The fourth-order valence-electron chi connectivity index (χ4n) is 8.78. The van der Waals surface area contributed by atoms with Gasteiger partial charge in [0.2, 0.25) is 17.8 Å². The van der Waals surface area contributed by atoms with Crippen molar-refractivity contribution in [2.75, 3.05) is 30.4 Å². The Bertz CT molecular complexity index is 2220. The Morgan fingerprint density at radius 3 is 2.46 bits per heavy atom. The molecule has 14 nitrogen and oxygen atoms in total. The number of pyridine rings is 2. The fourth-order valence-corrected chi connectivity index (χ4v) is 8.78. The van der Waals surface area contributed by atoms with Gasteiger partial charge < -0.3 is 15.1 Å². The predicted octanol–water partition coefficient (Wildman–Crippen LogP) is 4.42. The zero-order chi connectivity index (χ0) is 37.7. The standard InChI is InChI=1S/C40H45N9O5/c1-23-31-20-42-40(45-36(31)49(28-6-4-5-7-28)39(54)35(23)24(2)50)43-33-12-9-29(19-41-33)47-16-14-27(15-17-47)46(3)21-25-8-10-30-26(18-25)22-48(38(30)53)32-11-13-34(51)44-37(32)52/h8-10,12,18-20,27-28,32H,4-7,11,13-17,21-22H2,1-3H3,(H,44,51,52)(H,41,42,43,45). The lowest BCUT2D eigenvalue weighted by Crippen LogP contribution is -2.52. The molecule has 0 bridgehead atoms. The summed E-state index contributed by atoms with van der Waals surface area (Å²) >= 11 is 0. The first kappa shape index (κ1) is 35.5. The minimum Gasteiger partial charge on any atom is -0.370 e. The minimum absolute atomic E-state index is 0.00806. The molecule has 280 valence electrons. The summed E-state index contributed by atoms with van der Waals surface area (Å²) in [6.07, 6.45) is 9.96. The lowest BCUT2D eigenvalue weighted by Gasteiger charge is -2.37. The van der Waals surface area contributed by atoms with Gasteiger partial charge in [-0.25, -0.2) is 9.97 Å². The molecule has 1 unspecified atom stereocenters. The van der Waals surface area contributed by atoms with Gasteiger partial charge >= 0.3 is 0 Å². The Morgan fingerprint density at radius 1 is 0.981 bits per heavy atom. The molecule has 1 saturated carbocycles. The number of nitrogens with one attached hydrogen (secondary N) is 2. The molecule has 54 heavy (non-hydrogen) atoms. The third-order valence-electron chi connectivity index (χ3n) is 11.7. The first-order valence-electron chi connectivity index (χ1n) is 18.9. The summed E-state index contributed by atoms with van der Waals surface area (Å²) in [5.41, 5.74) is 4.80. The fraction of sp³-hybridized carbons (Fsp3) is 0.450. The van der Waals surface area contributed by atoms with Crippen LogP contribution in [0.25, 0.3) is 11.0 Å². The number of rotatable bonds is 9. The molecule has 1 aromatic carbocycles. The molecule has 8 rings (SSSR count). The molecule has 1 atom stereocenters. The maximum absolute atomic E-state index is 13.6. The summed E-state index contributed by atoms with van der Waals surface area (Å²) in [6.45, 7) is 6.12. The van der Waals surface area contributed by atoms with Crippen LogP contribution in [-0.4, -0.2) is 85.0 Å². The normalized spacial score (nSPS) is 19.6. The Balaban J connectivity index is 0.884. The van der Waals surface area contributed by atoms with Gasteiger partial charge in [0.1, 0.15) is 17.5 Å². The number of carbonyl (C=O) groups is 4. The van der Waals surface area contributed by atoms with Crippen LogP contribution in [0.2, 0.25) is 0 Å². The number of amides is 3. The van der Waals surface area contributed by atoms with Crippen LogP contribution in [0.4, 0.5) is 17.5 Å². The Morgan fingerprint density at radius 2 is 1.76 bits per heavy atom. The van der Waals surface area contributed by atoms with Crippen molar-refractivity contribution in [1.82, 2.24) is 34.6 Å². The van der Waals surface area contributed by atoms with Gasteiger partial charge in [0.25, 0.3) is 11.5 Å². The minimum atomic E-state index is -0.614. The van der Waals surface area contributed by atoms with Crippen molar-refractivity contribution in [1.29, 1.82) is 0 Å². The van der Waals surface area contributed by atoms with Crippen LogP contribution >= 0.6 is 0 Å². The lowest BCUT2D eigenvalue weighted by atomic mass is 10.0. The Kier molecular flexibility index (Phi) is 9.46. The smallest absolute Gasteiger partial charge is 0.263 e. The quantitative estimate of drug-likeness (QED) is 0.185. The van der Waals surface area contributed by atoms with Crippen molar-refractivity contribution < 1.29 is 19.2 Å². The van der Waals surface area contributed by atoms with Gasteiger partial charge in [0, 0.05) is 61.8 Å². The predicted molar refractivity (Wildman–Crippen MR) is 203 cm³/mol. The van der Waals surface area contributed by atoms with Crippen molar-refractivity contribution in [2.24, 2.45) is 0 Å². The zero-order valence-corrected chi connectivity index (χ0v) is 30.9. The average Bonchev–Trinajstić information content (AvgIpc) is 3.80. The first-order valence-corrected chi connectivity index (χ1v) is 18.9. The van der Waals surface area contributed by atoms with E-state index >= 15 is 0 Å². The summed E-state index contributed by atoms with van der Waals surface area (Å²) in [5, 5.41) is 6.28. The monoisotopic (exact) mass is 731 g/mol. The number of anilines is 3. The molecular weight excluding hydrogens is 686 g/mol. The second-order valence-corrected chi connectivity index (χ2v) is 15.2. The summed E-state index contributed by atoms with van der Waals surface area (Å²) in [4.78, 5) is 83.4. The van der Waals surface area contributed by atoms with E-state index in [1.54, 1.807) is 22.6 Å². The molecule has 3 amide bonds. The number of ketones is 1. The number of Topliss-reactive ketones (excluding diaryl/α,β-unsaturated/α-hetero) is 1. The summed E-state index contributed by atoms with van der Waals surface area (Å²) in [7, 11) is 2.14. The van der Waals surface area contributed by atoms with Gasteiger partial charge in [-0.15, -0.1) is 0 Å². The van der Waals surface area contributed by atoms with Crippen molar-refractivity contribution in [3.05, 3.63) is 80.9 Å². The van der Waals surface area contributed by atoms with E-state index in [-0.39, 0.29) is 41.2 Å². The van der Waals surface area contributed by atoms with Gasteiger partial charge in [0.05, 0.1) is 17.4 Å². The van der Waals surface area contributed by atoms with E-state index in [1.165, 1.54) is 6.92 Å². The van der Waals surface area contributed by atoms with Crippen molar-refractivity contribution in [3.63, 3.8) is 0 Å². The molecule has 2 N–H and O–H groups in total. The number of piperidine rings is 2. The van der Waals surface area contributed by atoms with E-state index in [4.69, 9.17) is 4.98 Å². The molecule has 6 heterocycles. The molecule has 14 heteroatoms. The second-order valence-electron chi connectivity index (χ2n) is 15.2. The van der Waals surface area contributed by atoms with E-state index in [0.717, 1.165) is 75.0 Å². The zero-order valence-electron chi connectivity index (χ0n) is 30.9. The van der Waals surface area contributed by atoms with Crippen molar-refractivity contribution in [3.8, 4) is 0 Å². The van der Waals surface area contributed by atoms with Crippen molar-refractivity contribution >= 4 is 52.0 Å². The molecule has 4 aromatic rings. The topological polar surface area (TPSA) is 163 Å². The number of hydrogen-bond acceptors (Lipinski definition) is 11. The maximum atomic E-state index is 13.6. The number of imide groups is 1.